The molecule has 0 saturated heterocycles. The van der Waals surface area contributed by atoms with Gasteiger partial charge in [-0.2, -0.15) is 0 Å². The van der Waals surface area contributed by atoms with Crippen molar-refractivity contribution in [1.82, 2.24) is 10.2 Å². The van der Waals surface area contributed by atoms with Gasteiger partial charge in [-0.1, -0.05) is 71.1 Å². The monoisotopic (exact) mass is 476 g/mol. The predicted molar refractivity (Wildman–Crippen MR) is 129 cm³/mol. The Morgan fingerprint density at radius 3 is 2.77 bits per heavy atom. The summed E-state index contributed by atoms with van der Waals surface area (Å²) < 4.78 is 6.06. The van der Waals surface area contributed by atoms with Crippen LogP contribution in [0.25, 0.3) is 0 Å². The average molecular weight is 477 g/mol. The maximum absolute atomic E-state index is 13.1. The van der Waals surface area contributed by atoms with Gasteiger partial charge in [-0.3, -0.25) is 4.79 Å². The van der Waals surface area contributed by atoms with Crippen molar-refractivity contribution in [3.63, 3.8) is 0 Å². The van der Waals surface area contributed by atoms with Gasteiger partial charge in [0.25, 0.3) is 0 Å². The number of hydrogen-bond donors (Lipinski definition) is 2. The highest BCUT2D eigenvalue weighted by Gasteiger charge is 2.24. The number of hydrogen-bond acceptors (Lipinski definition) is 7. The molecule has 3 rings (SSSR count). The molecule has 1 heterocycles. The maximum atomic E-state index is 13.1. The third-order valence-corrected chi connectivity index (χ3v) is 6.98. The quantitative estimate of drug-likeness (QED) is 0.268. The Balaban J connectivity index is 1.68. The minimum Gasteiger partial charge on any atom is -0.382 e. The lowest BCUT2D eigenvalue weighted by atomic mass is 10.1. The van der Waals surface area contributed by atoms with Crippen molar-refractivity contribution in [3.05, 3.63) is 64.7 Å². The van der Waals surface area contributed by atoms with Gasteiger partial charge in [0, 0.05) is 30.5 Å². The van der Waals surface area contributed by atoms with Crippen LogP contribution in [0.4, 0.5) is 10.8 Å². The molecule has 0 spiro atoms. The predicted octanol–water partition coefficient (Wildman–Crippen LogP) is 5.81. The largest absolute Gasteiger partial charge is 0.382 e. The molecule has 0 saturated carbocycles. The highest BCUT2D eigenvalue weighted by molar-refractivity contribution is 8.02. The van der Waals surface area contributed by atoms with Crippen LogP contribution in [-0.2, 0) is 9.53 Å². The number of nitrogens with one attached hydrogen (secondary N) is 2. The van der Waals surface area contributed by atoms with Crippen molar-refractivity contribution in [2.75, 3.05) is 30.4 Å². The molecular formula is C22H25ClN4O2S2. The van der Waals surface area contributed by atoms with E-state index in [4.69, 9.17) is 16.3 Å². The van der Waals surface area contributed by atoms with Gasteiger partial charge in [-0.05, 0) is 43.5 Å². The molecule has 1 amide bonds. The van der Waals surface area contributed by atoms with Gasteiger partial charge in [0.2, 0.25) is 11.0 Å². The van der Waals surface area contributed by atoms with Crippen LogP contribution >= 0.6 is 34.7 Å². The summed E-state index contributed by atoms with van der Waals surface area (Å²) in [5.41, 5.74) is 2.52. The van der Waals surface area contributed by atoms with Crippen LogP contribution in [0, 0.1) is 6.92 Å². The lowest BCUT2D eigenvalue weighted by Crippen LogP contribution is -2.19. The second-order valence-corrected chi connectivity index (χ2v) is 9.45. The Bertz CT molecular complexity index is 985. The van der Waals surface area contributed by atoms with Gasteiger partial charge in [0.15, 0.2) is 4.34 Å². The van der Waals surface area contributed by atoms with E-state index in [1.807, 2.05) is 56.3 Å². The normalized spacial score (nSPS) is 11.8. The van der Waals surface area contributed by atoms with E-state index in [-0.39, 0.29) is 5.91 Å². The summed E-state index contributed by atoms with van der Waals surface area (Å²) in [4.78, 5) is 13.1. The molecule has 1 unspecified atom stereocenters. The topological polar surface area (TPSA) is 76.1 Å². The molecule has 6 nitrogen and oxygen atoms in total. The fourth-order valence-electron chi connectivity index (χ4n) is 2.72. The fraction of sp³-hybridized carbons (Fsp3) is 0.318. The molecule has 164 valence electrons. The van der Waals surface area contributed by atoms with Gasteiger partial charge in [-0.25, -0.2) is 0 Å². The zero-order valence-electron chi connectivity index (χ0n) is 17.4. The molecule has 2 N–H and O–H groups in total. The zero-order chi connectivity index (χ0) is 22.1. The first-order valence-corrected chi connectivity index (χ1v) is 12.1. The number of halogens is 1. The number of rotatable bonds is 11. The molecule has 9 heteroatoms. The Morgan fingerprint density at radius 1 is 1.23 bits per heavy atom. The number of nitrogens with zero attached hydrogens (tertiary/aromatic N) is 2. The number of amides is 1. The Morgan fingerprint density at radius 2 is 2.03 bits per heavy atom. The molecule has 0 bridgehead atoms. The summed E-state index contributed by atoms with van der Waals surface area (Å²) in [6.45, 7) is 6.10. The van der Waals surface area contributed by atoms with E-state index in [2.05, 4.69) is 20.8 Å². The molecule has 0 aliphatic carbocycles. The van der Waals surface area contributed by atoms with Crippen LogP contribution in [0.2, 0.25) is 5.02 Å². The van der Waals surface area contributed by atoms with E-state index in [9.17, 15) is 4.79 Å². The first-order chi connectivity index (χ1) is 15.1. The van der Waals surface area contributed by atoms with Gasteiger partial charge in [-0.15, -0.1) is 10.2 Å². The summed E-state index contributed by atoms with van der Waals surface area (Å²) in [6.07, 6.45) is 0.893. The second kappa shape index (κ2) is 12.0. The smallest absolute Gasteiger partial charge is 0.242 e. The van der Waals surface area contributed by atoms with Crippen LogP contribution in [0.15, 0.2) is 52.9 Å². The average Bonchev–Trinajstić information content (AvgIpc) is 3.22. The van der Waals surface area contributed by atoms with Gasteiger partial charge in [0.05, 0.1) is 0 Å². The van der Waals surface area contributed by atoms with Crippen LogP contribution in [0.1, 0.15) is 29.7 Å². The van der Waals surface area contributed by atoms with Crippen molar-refractivity contribution >= 4 is 51.4 Å². The van der Waals surface area contributed by atoms with Crippen molar-refractivity contribution in [2.24, 2.45) is 0 Å². The van der Waals surface area contributed by atoms with Crippen LogP contribution in [-0.4, -0.2) is 35.9 Å². The standard InChI is InChI=1S/C22H25ClN4O2S2/c1-3-29-13-7-12-24-21-26-27-22(31-21)30-19(16-8-5-4-6-9-16)20(28)25-17-11-10-15(2)18(23)14-17/h4-6,8-11,14,19H,3,7,12-13H2,1-2H3,(H,24,26)(H,25,28). The molecule has 0 aliphatic rings. The molecule has 1 atom stereocenters. The molecule has 2 aromatic carbocycles. The van der Waals surface area contributed by atoms with Crippen LogP contribution < -0.4 is 10.6 Å². The highest BCUT2D eigenvalue weighted by atomic mass is 35.5. The summed E-state index contributed by atoms with van der Waals surface area (Å²) >= 11 is 9.02. The van der Waals surface area contributed by atoms with Gasteiger partial charge in [0.1, 0.15) is 5.25 Å². The number of anilines is 2. The third kappa shape index (κ3) is 7.21. The molecule has 0 aliphatic heterocycles. The highest BCUT2D eigenvalue weighted by Crippen LogP contribution is 2.38. The van der Waals surface area contributed by atoms with Gasteiger partial charge >= 0.3 is 0 Å². The molecule has 0 fully saturated rings. The summed E-state index contributed by atoms with van der Waals surface area (Å²) in [6, 6.07) is 15.1. The number of carbonyl (C=O) groups excluding carboxylic acids is 1. The van der Waals surface area contributed by atoms with Crippen molar-refractivity contribution < 1.29 is 9.53 Å². The molecule has 3 aromatic rings. The zero-order valence-corrected chi connectivity index (χ0v) is 19.8. The Kier molecular flexibility index (Phi) is 9.14. The van der Waals surface area contributed by atoms with E-state index in [1.54, 1.807) is 6.07 Å². The number of thioether (sulfide) groups is 1. The number of carbonyl (C=O) groups is 1. The van der Waals surface area contributed by atoms with Crippen molar-refractivity contribution in [3.8, 4) is 0 Å². The van der Waals surface area contributed by atoms with E-state index >= 15 is 0 Å². The van der Waals surface area contributed by atoms with Crippen LogP contribution in [0.5, 0.6) is 0 Å². The van der Waals surface area contributed by atoms with Crippen molar-refractivity contribution in [2.45, 2.75) is 29.9 Å². The van der Waals surface area contributed by atoms with E-state index in [0.29, 0.717) is 17.3 Å². The first kappa shape index (κ1) is 23.5. The minimum absolute atomic E-state index is 0.141. The van der Waals surface area contributed by atoms with E-state index < -0.39 is 5.25 Å². The molecule has 31 heavy (non-hydrogen) atoms. The number of benzene rings is 2. The molecule has 1 aromatic heterocycles. The van der Waals surface area contributed by atoms with Crippen LogP contribution in [0.3, 0.4) is 0 Å². The number of aryl methyl sites for hydroxylation is 1. The Hall–Kier alpha value is -2.13. The SMILES string of the molecule is CCOCCCNc1nnc(SC(C(=O)Nc2ccc(C)c(Cl)c2)c2ccccc2)s1. The summed E-state index contributed by atoms with van der Waals surface area (Å²) in [5.74, 6) is -0.141. The van der Waals surface area contributed by atoms with E-state index in [0.717, 1.165) is 40.2 Å². The summed E-state index contributed by atoms with van der Waals surface area (Å²) in [7, 11) is 0. The second-order valence-electron chi connectivity index (χ2n) is 6.71. The molecular weight excluding hydrogens is 452 g/mol. The summed E-state index contributed by atoms with van der Waals surface area (Å²) in [5, 5.41) is 15.5. The van der Waals surface area contributed by atoms with Gasteiger partial charge < -0.3 is 15.4 Å². The first-order valence-electron chi connectivity index (χ1n) is 10.0. The molecule has 0 radical (unpaired) electrons. The third-order valence-electron chi connectivity index (χ3n) is 4.35. The fourth-order valence-corrected chi connectivity index (χ4v) is 4.87. The van der Waals surface area contributed by atoms with Crippen molar-refractivity contribution in [1.29, 1.82) is 0 Å². The lowest BCUT2D eigenvalue weighted by Gasteiger charge is -2.16. The van der Waals surface area contributed by atoms with E-state index in [1.165, 1.54) is 23.1 Å². The minimum atomic E-state index is -0.472. The number of ether oxygens (including phenoxy) is 1. The lowest BCUT2D eigenvalue weighted by molar-refractivity contribution is -0.115. The number of aromatic nitrogens is 2. The Labute approximate surface area is 195 Å². The maximum Gasteiger partial charge on any atom is 0.242 e.